The van der Waals surface area contributed by atoms with Gasteiger partial charge in [-0.3, -0.25) is 0 Å². The molecule has 0 amide bonds. The molecule has 0 aromatic heterocycles. The van der Waals surface area contributed by atoms with Gasteiger partial charge in [0.2, 0.25) is 20.0 Å². The van der Waals surface area contributed by atoms with Gasteiger partial charge in [-0.25, -0.2) is 21.6 Å². The first-order valence-corrected chi connectivity index (χ1v) is 11.0. The standard InChI is InChI=1S/C15H22N2O5S2/c18-23(19,14-5-6-14)16-8-7-13-1-3-15(4-2-13)24(20,21)17-9-11-22-12-10-17/h1-4,14,16H,5-12H2. The zero-order valence-corrected chi connectivity index (χ0v) is 15.0. The highest BCUT2D eigenvalue weighted by Gasteiger charge is 2.35. The Kier molecular flexibility index (Phi) is 5.26. The number of hydrogen-bond acceptors (Lipinski definition) is 5. The summed E-state index contributed by atoms with van der Waals surface area (Å²) in [7, 11) is -6.65. The summed E-state index contributed by atoms with van der Waals surface area (Å²) in [6, 6.07) is 6.63. The SMILES string of the molecule is O=S(=O)(NCCc1ccc(S(=O)(=O)N2CCOCC2)cc1)C1CC1. The normalized spacial score (nSPS) is 20.2. The lowest BCUT2D eigenvalue weighted by Crippen LogP contribution is -2.40. The molecule has 134 valence electrons. The number of morpholine rings is 1. The quantitative estimate of drug-likeness (QED) is 0.743. The largest absolute Gasteiger partial charge is 0.379 e. The van der Waals surface area contributed by atoms with Crippen molar-refractivity contribution in [1.82, 2.24) is 9.03 Å². The third-order valence-corrected chi connectivity index (χ3v) is 8.08. The Morgan fingerprint density at radius 1 is 1.04 bits per heavy atom. The maximum absolute atomic E-state index is 12.5. The molecular weight excluding hydrogens is 352 g/mol. The van der Waals surface area contributed by atoms with Crippen molar-refractivity contribution in [1.29, 1.82) is 0 Å². The van der Waals surface area contributed by atoms with Crippen molar-refractivity contribution < 1.29 is 21.6 Å². The van der Waals surface area contributed by atoms with E-state index in [1.165, 1.54) is 4.31 Å². The van der Waals surface area contributed by atoms with Crippen LogP contribution in [0, 0.1) is 0 Å². The highest BCUT2D eigenvalue weighted by molar-refractivity contribution is 7.90. The van der Waals surface area contributed by atoms with Gasteiger partial charge in [-0.05, 0) is 37.0 Å². The predicted molar refractivity (Wildman–Crippen MR) is 89.7 cm³/mol. The van der Waals surface area contributed by atoms with E-state index < -0.39 is 20.0 Å². The van der Waals surface area contributed by atoms with Crippen LogP contribution in [0.3, 0.4) is 0 Å². The number of sulfonamides is 2. The van der Waals surface area contributed by atoms with Gasteiger partial charge in [0.15, 0.2) is 0 Å². The maximum Gasteiger partial charge on any atom is 0.243 e. The monoisotopic (exact) mass is 374 g/mol. The van der Waals surface area contributed by atoms with Crippen molar-refractivity contribution in [3.05, 3.63) is 29.8 Å². The molecule has 1 heterocycles. The first-order valence-electron chi connectivity index (χ1n) is 8.05. The number of hydrogen-bond donors (Lipinski definition) is 1. The van der Waals surface area contributed by atoms with Crippen molar-refractivity contribution >= 4 is 20.0 Å². The summed E-state index contributed by atoms with van der Waals surface area (Å²) < 4.78 is 57.7. The van der Waals surface area contributed by atoms with E-state index in [0.29, 0.717) is 39.3 Å². The van der Waals surface area contributed by atoms with E-state index in [0.717, 1.165) is 18.4 Å². The molecule has 3 rings (SSSR count). The second-order valence-corrected chi connectivity index (χ2v) is 10.0. The summed E-state index contributed by atoms with van der Waals surface area (Å²) in [5.74, 6) is 0. The lowest BCUT2D eigenvalue weighted by molar-refractivity contribution is 0.0730. The van der Waals surface area contributed by atoms with E-state index in [4.69, 9.17) is 4.74 Å². The van der Waals surface area contributed by atoms with E-state index in [9.17, 15) is 16.8 Å². The minimum atomic E-state index is -3.48. The Morgan fingerprint density at radius 3 is 2.25 bits per heavy atom. The van der Waals surface area contributed by atoms with E-state index in [2.05, 4.69) is 4.72 Å². The number of nitrogens with one attached hydrogen (secondary N) is 1. The van der Waals surface area contributed by atoms with Gasteiger partial charge in [-0.2, -0.15) is 4.31 Å². The fourth-order valence-corrected chi connectivity index (χ4v) is 5.38. The van der Waals surface area contributed by atoms with E-state index in [1.807, 2.05) is 0 Å². The fourth-order valence-electron chi connectivity index (χ4n) is 2.60. The molecule has 7 nitrogen and oxygen atoms in total. The van der Waals surface area contributed by atoms with Gasteiger partial charge < -0.3 is 4.74 Å². The van der Waals surface area contributed by atoms with Gasteiger partial charge in [-0.1, -0.05) is 12.1 Å². The summed E-state index contributed by atoms with van der Waals surface area (Å²) in [5.41, 5.74) is 0.898. The molecule has 1 saturated heterocycles. The number of nitrogens with zero attached hydrogens (tertiary/aromatic N) is 1. The number of rotatable bonds is 7. The van der Waals surface area contributed by atoms with Crippen molar-refractivity contribution in [3.63, 3.8) is 0 Å². The van der Waals surface area contributed by atoms with Crippen molar-refractivity contribution in [2.75, 3.05) is 32.8 Å². The third kappa shape index (κ3) is 4.15. The highest BCUT2D eigenvalue weighted by atomic mass is 32.2. The van der Waals surface area contributed by atoms with Gasteiger partial charge in [0.05, 0.1) is 23.4 Å². The minimum absolute atomic E-state index is 0.224. The second-order valence-electron chi connectivity index (χ2n) is 6.05. The third-order valence-electron chi connectivity index (χ3n) is 4.21. The molecule has 24 heavy (non-hydrogen) atoms. The molecule has 1 aliphatic carbocycles. The topological polar surface area (TPSA) is 92.8 Å². The zero-order valence-electron chi connectivity index (χ0n) is 13.3. The predicted octanol–water partition coefficient (Wildman–Crippen LogP) is 0.332. The molecule has 1 aliphatic heterocycles. The smallest absolute Gasteiger partial charge is 0.243 e. The molecule has 1 saturated carbocycles. The molecule has 1 aromatic rings. The van der Waals surface area contributed by atoms with Crippen LogP contribution >= 0.6 is 0 Å². The summed E-state index contributed by atoms with van der Waals surface area (Å²) in [5, 5.41) is -0.224. The van der Waals surface area contributed by atoms with Gasteiger partial charge in [0, 0.05) is 19.6 Å². The molecule has 0 spiro atoms. The van der Waals surface area contributed by atoms with E-state index >= 15 is 0 Å². The average molecular weight is 374 g/mol. The van der Waals surface area contributed by atoms with Crippen LogP contribution in [0.4, 0.5) is 0 Å². The van der Waals surface area contributed by atoms with Gasteiger partial charge in [0.1, 0.15) is 0 Å². The molecule has 2 aliphatic rings. The number of benzene rings is 1. The minimum Gasteiger partial charge on any atom is -0.379 e. The molecule has 0 radical (unpaired) electrons. The molecule has 1 aromatic carbocycles. The summed E-state index contributed by atoms with van der Waals surface area (Å²) in [4.78, 5) is 0.256. The Hall–Kier alpha value is -1.00. The molecule has 0 bridgehead atoms. The van der Waals surface area contributed by atoms with Crippen LogP contribution in [0.1, 0.15) is 18.4 Å². The summed E-state index contributed by atoms with van der Waals surface area (Å²) in [6.07, 6.45) is 2.01. The van der Waals surface area contributed by atoms with E-state index in [-0.39, 0.29) is 10.1 Å². The Morgan fingerprint density at radius 2 is 1.67 bits per heavy atom. The maximum atomic E-state index is 12.5. The molecule has 0 unspecified atom stereocenters. The van der Waals surface area contributed by atoms with Crippen LogP contribution in [-0.4, -0.2) is 59.2 Å². The molecular formula is C15H22N2O5S2. The summed E-state index contributed by atoms with van der Waals surface area (Å²) >= 11 is 0. The highest BCUT2D eigenvalue weighted by Crippen LogP contribution is 2.27. The average Bonchev–Trinajstić information content (AvgIpc) is 3.41. The van der Waals surface area contributed by atoms with Crippen LogP contribution in [0.2, 0.25) is 0 Å². The second kappa shape index (κ2) is 7.09. The summed E-state index contributed by atoms with van der Waals surface area (Å²) in [6.45, 7) is 1.89. The molecule has 9 heteroatoms. The van der Waals surface area contributed by atoms with Crippen LogP contribution in [0.5, 0.6) is 0 Å². The first kappa shape index (κ1) is 17.8. The van der Waals surface area contributed by atoms with Gasteiger partial charge in [0.25, 0.3) is 0 Å². The Bertz CT molecular complexity index is 765. The first-order chi connectivity index (χ1) is 11.4. The lowest BCUT2D eigenvalue weighted by Gasteiger charge is -2.26. The lowest BCUT2D eigenvalue weighted by atomic mass is 10.2. The Balaban J connectivity index is 1.58. The molecule has 2 fully saturated rings. The van der Waals surface area contributed by atoms with Crippen LogP contribution in [-0.2, 0) is 31.2 Å². The van der Waals surface area contributed by atoms with Crippen LogP contribution in [0.15, 0.2) is 29.2 Å². The van der Waals surface area contributed by atoms with E-state index in [1.54, 1.807) is 24.3 Å². The van der Waals surface area contributed by atoms with Gasteiger partial charge in [-0.15, -0.1) is 0 Å². The Labute approximate surface area is 143 Å². The van der Waals surface area contributed by atoms with Crippen LogP contribution < -0.4 is 4.72 Å². The van der Waals surface area contributed by atoms with Crippen molar-refractivity contribution in [2.45, 2.75) is 29.4 Å². The van der Waals surface area contributed by atoms with Gasteiger partial charge >= 0.3 is 0 Å². The molecule has 1 N–H and O–H groups in total. The zero-order chi connectivity index (χ0) is 17.2. The fraction of sp³-hybridized carbons (Fsp3) is 0.600. The van der Waals surface area contributed by atoms with Crippen molar-refractivity contribution in [2.24, 2.45) is 0 Å². The molecule has 0 atom stereocenters. The van der Waals surface area contributed by atoms with Crippen molar-refractivity contribution in [3.8, 4) is 0 Å². The number of ether oxygens (including phenoxy) is 1. The van der Waals surface area contributed by atoms with Crippen LogP contribution in [0.25, 0.3) is 0 Å².